The van der Waals surface area contributed by atoms with E-state index >= 15 is 0 Å². The number of hydrogen-bond acceptors (Lipinski definition) is 3. The molecule has 7 heteroatoms. The second-order valence-corrected chi connectivity index (χ2v) is 6.79. The van der Waals surface area contributed by atoms with Crippen molar-refractivity contribution in [2.45, 2.75) is 25.8 Å². The highest BCUT2D eigenvalue weighted by atomic mass is 19.1. The lowest BCUT2D eigenvalue weighted by molar-refractivity contribution is 0.0793. The summed E-state index contributed by atoms with van der Waals surface area (Å²) in [5.41, 5.74) is 1.80. The van der Waals surface area contributed by atoms with Gasteiger partial charge in [-0.25, -0.2) is 9.18 Å². The molecule has 2 aromatic rings. The zero-order valence-electron chi connectivity index (χ0n) is 16.0. The van der Waals surface area contributed by atoms with Crippen molar-refractivity contribution in [3.05, 3.63) is 59.4 Å². The SMILES string of the molecule is COc1ccc(C(C)NC(=O)Nc2ccc(C(=O)N3CCCC3)cc2)cc1F. The van der Waals surface area contributed by atoms with Gasteiger partial charge in [-0.3, -0.25) is 4.79 Å². The summed E-state index contributed by atoms with van der Waals surface area (Å²) in [6.07, 6.45) is 2.09. The number of benzene rings is 2. The van der Waals surface area contributed by atoms with E-state index in [0.717, 1.165) is 25.9 Å². The van der Waals surface area contributed by atoms with Crippen LogP contribution in [0.5, 0.6) is 5.75 Å². The second kappa shape index (κ2) is 8.73. The number of carbonyl (C=O) groups is 2. The Labute approximate surface area is 163 Å². The van der Waals surface area contributed by atoms with Gasteiger partial charge in [0.2, 0.25) is 0 Å². The minimum atomic E-state index is -0.479. The topological polar surface area (TPSA) is 70.7 Å². The van der Waals surface area contributed by atoms with Gasteiger partial charge in [-0.15, -0.1) is 0 Å². The van der Waals surface area contributed by atoms with Crippen molar-refractivity contribution in [2.24, 2.45) is 0 Å². The molecule has 1 aliphatic rings. The number of ether oxygens (including phenoxy) is 1. The van der Waals surface area contributed by atoms with Gasteiger partial charge in [0.1, 0.15) is 0 Å². The smallest absolute Gasteiger partial charge is 0.319 e. The van der Waals surface area contributed by atoms with Gasteiger partial charge in [-0.05, 0) is 61.7 Å². The molecule has 1 aliphatic heterocycles. The van der Waals surface area contributed by atoms with Crippen LogP contribution in [0.25, 0.3) is 0 Å². The predicted octanol–water partition coefficient (Wildman–Crippen LogP) is 3.95. The molecule has 1 fully saturated rings. The van der Waals surface area contributed by atoms with Crippen molar-refractivity contribution in [1.29, 1.82) is 0 Å². The van der Waals surface area contributed by atoms with Crippen LogP contribution in [0, 0.1) is 5.82 Å². The maximum atomic E-state index is 13.8. The van der Waals surface area contributed by atoms with Crippen molar-refractivity contribution in [2.75, 3.05) is 25.5 Å². The Morgan fingerprint density at radius 2 is 1.79 bits per heavy atom. The molecule has 1 saturated heterocycles. The fourth-order valence-corrected chi connectivity index (χ4v) is 3.20. The van der Waals surface area contributed by atoms with Gasteiger partial charge in [0.05, 0.1) is 13.2 Å². The van der Waals surface area contributed by atoms with E-state index in [1.165, 1.54) is 19.2 Å². The van der Waals surface area contributed by atoms with Crippen LogP contribution in [0.15, 0.2) is 42.5 Å². The molecule has 3 amide bonds. The first-order chi connectivity index (χ1) is 13.5. The zero-order valence-corrected chi connectivity index (χ0v) is 16.0. The number of anilines is 1. The summed E-state index contributed by atoms with van der Waals surface area (Å²) in [6.45, 7) is 3.36. The summed E-state index contributed by atoms with van der Waals surface area (Å²) in [6, 6.07) is 10.6. The van der Waals surface area contributed by atoms with Crippen molar-refractivity contribution < 1.29 is 18.7 Å². The van der Waals surface area contributed by atoms with Crippen LogP contribution < -0.4 is 15.4 Å². The summed E-state index contributed by atoms with van der Waals surface area (Å²) >= 11 is 0. The van der Waals surface area contributed by atoms with Crippen LogP contribution in [-0.2, 0) is 0 Å². The van der Waals surface area contributed by atoms with Crippen molar-refractivity contribution in [1.82, 2.24) is 10.2 Å². The lowest BCUT2D eigenvalue weighted by Gasteiger charge is -2.17. The van der Waals surface area contributed by atoms with Crippen molar-refractivity contribution >= 4 is 17.6 Å². The molecule has 1 unspecified atom stereocenters. The van der Waals surface area contributed by atoms with Crippen LogP contribution >= 0.6 is 0 Å². The predicted molar refractivity (Wildman–Crippen MR) is 105 cm³/mol. The average molecular weight is 385 g/mol. The minimum absolute atomic E-state index is 0.0173. The van der Waals surface area contributed by atoms with E-state index in [-0.39, 0.29) is 11.7 Å². The molecule has 0 bridgehead atoms. The lowest BCUT2D eigenvalue weighted by atomic mass is 10.1. The van der Waals surface area contributed by atoms with E-state index in [9.17, 15) is 14.0 Å². The standard InChI is InChI=1S/C21H24FN3O3/c1-14(16-7-10-19(28-2)18(22)13-16)23-21(27)24-17-8-5-15(6-9-17)20(26)25-11-3-4-12-25/h5-10,13-14H,3-4,11-12H2,1-2H3,(H2,23,24,27). The number of amides is 3. The first-order valence-electron chi connectivity index (χ1n) is 9.28. The third-order valence-electron chi connectivity index (χ3n) is 4.81. The van der Waals surface area contributed by atoms with E-state index in [4.69, 9.17) is 4.74 Å². The van der Waals surface area contributed by atoms with E-state index in [1.54, 1.807) is 37.3 Å². The monoisotopic (exact) mass is 385 g/mol. The number of urea groups is 1. The van der Waals surface area contributed by atoms with Gasteiger partial charge in [0.25, 0.3) is 5.91 Å². The maximum absolute atomic E-state index is 13.8. The summed E-state index contributed by atoms with van der Waals surface area (Å²) in [4.78, 5) is 26.4. The molecule has 0 aliphatic carbocycles. The summed E-state index contributed by atoms with van der Waals surface area (Å²) in [7, 11) is 1.40. The molecular weight excluding hydrogens is 361 g/mol. The quantitative estimate of drug-likeness (QED) is 0.819. The number of halogens is 1. The van der Waals surface area contributed by atoms with Crippen LogP contribution in [0.2, 0.25) is 0 Å². The van der Waals surface area contributed by atoms with E-state index in [1.807, 2.05) is 4.90 Å². The number of nitrogens with one attached hydrogen (secondary N) is 2. The van der Waals surface area contributed by atoms with Gasteiger partial charge < -0.3 is 20.3 Å². The van der Waals surface area contributed by atoms with Gasteiger partial charge >= 0.3 is 6.03 Å². The summed E-state index contributed by atoms with van der Waals surface area (Å²) in [5.74, 6) is -0.306. The normalized spacial score (nSPS) is 14.5. The van der Waals surface area contributed by atoms with E-state index in [2.05, 4.69) is 10.6 Å². The fraction of sp³-hybridized carbons (Fsp3) is 0.333. The zero-order chi connectivity index (χ0) is 20.1. The highest BCUT2D eigenvalue weighted by Crippen LogP contribution is 2.22. The highest BCUT2D eigenvalue weighted by Gasteiger charge is 2.19. The number of rotatable bonds is 5. The molecule has 0 spiro atoms. The third kappa shape index (κ3) is 4.60. The first-order valence-corrected chi connectivity index (χ1v) is 9.28. The Hall–Kier alpha value is -3.09. The fourth-order valence-electron chi connectivity index (χ4n) is 3.20. The van der Waals surface area contributed by atoms with Gasteiger partial charge in [0, 0.05) is 24.3 Å². The molecule has 2 aromatic carbocycles. The Morgan fingerprint density at radius 1 is 1.11 bits per heavy atom. The van der Waals surface area contributed by atoms with E-state index < -0.39 is 17.9 Å². The number of likely N-dealkylation sites (tertiary alicyclic amines) is 1. The Balaban J connectivity index is 1.56. The van der Waals surface area contributed by atoms with Gasteiger partial charge in [-0.2, -0.15) is 0 Å². The molecule has 28 heavy (non-hydrogen) atoms. The maximum Gasteiger partial charge on any atom is 0.319 e. The molecule has 6 nitrogen and oxygen atoms in total. The van der Waals surface area contributed by atoms with Gasteiger partial charge in [-0.1, -0.05) is 6.07 Å². The van der Waals surface area contributed by atoms with Crippen molar-refractivity contribution in [3.8, 4) is 5.75 Å². The molecule has 3 rings (SSSR count). The van der Waals surface area contributed by atoms with Crippen LogP contribution in [0.4, 0.5) is 14.9 Å². The van der Waals surface area contributed by atoms with Crippen LogP contribution in [0.1, 0.15) is 41.7 Å². The third-order valence-corrected chi connectivity index (χ3v) is 4.81. The molecule has 0 aromatic heterocycles. The lowest BCUT2D eigenvalue weighted by Crippen LogP contribution is -2.31. The number of methoxy groups -OCH3 is 1. The molecule has 0 saturated carbocycles. The molecule has 148 valence electrons. The molecule has 1 atom stereocenters. The minimum Gasteiger partial charge on any atom is -0.494 e. The van der Waals surface area contributed by atoms with Crippen LogP contribution in [-0.4, -0.2) is 37.0 Å². The number of nitrogens with zero attached hydrogens (tertiary/aromatic N) is 1. The van der Waals surface area contributed by atoms with E-state index in [0.29, 0.717) is 16.8 Å². The molecular formula is C21H24FN3O3. The Kier molecular flexibility index (Phi) is 6.13. The number of hydrogen-bond donors (Lipinski definition) is 2. The summed E-state index contributed by atoms with van der Waals surface area (Å²) in [5, 5.41) is 5.48. The first kappa shape index (κ1) is 19.7. The van der Waals surface area contributed by atoms with Crippen molar-refractivity contribution in [3.63, 3.8) is 0 Å². The average Bonchev–Trinajstić information content (AvgIpc) is 3.22. The largest absolute Gasteiger partial charge is 0.494 e. The van der Waals surface area contributed by atoms with Gasteiger partial charge in [0.15, 0.2) is 11.6 Å². The second-order valence-electron chi connectivity index (χ2n) is 6.79. The molecule has 2 N–H and O–H groups in total. The summed E-state index contributed by atoms with van der Waals surface area (Å²) < 4.78 is 18.7. The molecule has 1 heterocycles. The highest BCUT2D eigenvalue weighted by molar-refractivity contribution is 5.95. The van der Waals surface area contributed by atoms with Crippen LogP contribution in [0.3, 0.4) is 0 Å². The molecule has 0 radical (unpaired) electrons. The Bertz CT molecular complexity index is 848. The Morgan fingerprint density at radius 3 is 2.39 bits per heavy atom. The number of carbonyl (C=O) groups excluding carboxylic acids is 2.